The van der Waals surface area contributed by atoms with E-state index in [0.29, 0.717) is 12.5 Å². The number of carbonyl (C=O) groups is 1. The number of carbonyl (C=O) groups excluding carboxylic acids is 1. The molecule has 1 heterocycles. The molecule has 0 aliphatic heterocycles. The Kier molecular flexibility index (Phi) is 3.93. The fourth-order valence-electron chi connectivity index (χ4n) is 1.65. The van der Waals surface area contributed by atoms with Gasteiger partial charge in [-0.2, -0.15) is 4.37 Å². The van der Waals surface area contributed by atoms with Gasteiger partial charge in [0.1, 0.15) is 5.82 Å². The Morgan fingerprint density at radius 3 is 2.76 bits per heavy atom. The molecule has 1 amide bonds. The highest BCUT2D eigenvalue weighted by Crippen LogP contribution is 2.39. The van der Waals surface area contributed by atoms with Crippen LogP contribution >= 0.6 is 11.5 Å². The van der Waals surface area contributed by atoms with Crippen LogP contribution in [0.4, 0.5) is 5.13 Å². The summed E-state index contributed by atoms with van der Waals surface area (Å²) in [6.07, 6.45) is 2.41. The van der Waals surface area contributed by atoms with E-state index >= 15 is 0 Å². The Bertz CT molecular complexity index is 385. The average Bonchev–Trinajstić information content (AvgIpc) is 3.08. The van der Waals surface area contributed by atoms with E-state index in [-0.39, 0.29) is 5.91 Å². The first-order valence-corrected chi connectivity index (χ1v) is 6.87. The molecule has 0 saturated heterocycles. The molecule has 94 valence electrons. The zero-order valence-corrected chi connectivity index (χ0v) is 11.1. The van der Waals surface area contributed by atoms with Gasteiger partial charge in [0.05, 0.1) is 6.54 Å². The number of rotatable bonds is 6. The van der Waals surface area contributed by atoms with Crippen LogP contribution in [0.2, 0.25) is 0 Å². The van der Waals surface area contributed by atoms with E-state index in [2.05, 4.69) is 14.7 Å². The molecule has 0 aromatic carbocycles. The van der Waals surface area contributed by atoms with Crippen molar-refractivity contribution >= 4 is 22.6 Å². The van der Waals surface area contributed by atoms with Crippen molar-refractivity contribution < 1.29 is 4.79 Å². The van der Waals surface area contributed by atoms with Gasteiger partial charge in [0.2, 0.25) is 11.0 Å². The lowest BCUT2D eigenvalue weighted by molar-refractivity contribution is -0.128. The number of hydrogen-bond acceptors (Lipinski definition) is 5. The van der Waals surface area contributed by atoms with Crippen molar-refractivity contribution in [1.82, 2.24) is 14.3 Å². The Morgan fingerprint density at radius 1 is 1.47 bits per heavy atom. The molecule has 0 unspecified atom stereocenters. The first-order valence-electron chi connectivity index (χ1n) is 6.09. The highest BCUT2D eigenvalue weighted by Gasteiger charge is 2.27. The summed E-state index contributed by atoms with van der Waals surface area (Å²) in [6, 6.07) is 0. The molecular formula is C11H18N4OS. The molecule has 17 heavy (non-hydrogen) atoms. The summed E-state index contributed by atoms with van der Waals surface area (Å²) in [5, 5.41) is 3.81. The second kappa shape index (κ2) is 5.44. The zero-order chi connectivity index (χ0) is 12.3. The van der Waals surface area contributed by atoms with Crippen LogP contribution in [0.1, 0.15) is 38.4 Å². The maximum atomic E-state index is 11.8. The summed E-state index contributed by atoms with van der Waals surface area (Å²) in [5.41, 5.74) is 0. The Hall–Kier alpha value is -1.17. The van der Waals surface area contributed by atoms with Crippen molar-refractivity contribution in [2.24, 2.45) is 0 Å². The summed E-state index contributed by atoms with van der Waals surface area (Å²) in [4.78, 5) is 17.9. The minimum Gasteiger partial charge on any atom is -0.351 e. The molecule has 5 nitrogen and oxygen atoms in total. The van der Waals surface area contributed by atoms with Crippen LogP contribution in [0.3, 0.4) is 0 Å². The Balaban J connectivity index is 1.82. The molecule has 0 spiro atoms. The van der Waals surface area contributed by atoms with Crippen LogP contribution in [0.15, 0.2) is 0 Å². The van der Waals surface area contributed by atoms with Crippen molar-refractivity contribution in [2.45, 2.75) is 32.6 Å². The van der Waals surface area contributed by atoms with Gasteiger partial charge in [-0.1, -0.05) is 0 Å². The lowest BCUT2D eigenvalue weighted by Gasteiger charge is -2.18. The topological polar surface area (TPSA) is 58.1 Å². The smallest absolute Gasteiger partial charge is 0.241 e. The van der Waals surface area contributed by atoms with Crippen LogP contribution in [0, 0.1) is 0 Å². The monoisotopic (exact) mass is 254 g/mol. The molecule has 1 N–H and O–H groups in total. The lowest BCUT2D eigenvalue weighted by atomic mass is 10.4. The SMILES string of the molecule is CCN(CC)C(=O)CNc1nc(C2CC2)ns1. The van der Waals surface area contributed by atoms with Crippen LogP contribution in [0.5, 0.6) is 0 Å². The van der Waals surface area contributed by atoms with E-state index in [1.165, 1.54) is 24.4 Å². The van der Waals surface area contributed by atoms with E-state index in [1.54, 1.807) is 4.90 Å². The normalized spacial score (nSPS) is 14.7. The van der Waals surface area contributed by atoms with Crippen LogP contribution in [0.25, 0.3) is 0 Å². The number of nitrogens with one attached hydrogen (secondary N) is 1. The quantitative estimate of drug-likeness (QED) is 0.839. The molecule has 1 fully saturated rings. The van der Waals surface area contributed by atoms with Gasteiger partial charge in [-0.3, -0.25) is 4.79 Å². The molecule has 0 atom stereocenters. The minimum absolute atomic E-state index is 0.109. The second-order valence-corrected chi connectivity index (χ2v) is 4.90. The van der Waals surface area contributed by atoms with Gasteiger partial charge in [0, 0.05) is 30.5 Å². The molecule has 1 aromatic rings. The third-order valence-corrected chi connectivity index (χ3v) is 3.58. The van der Waals surface area contributed by atoms with E-state index in [0.717, 1.165) is 24.0 Å². The van der Waals surface area contributed by atoms with Crippen molar-refractivity contribution in [3.63, 3.8) is 0 Å². The predicted octanol–water partition coefficient (Wildman–Crippen LogP) is 1.70. The van der Waals surface area contributed by atoms with Gasteiger partial charge >= 0.3 is 0 Å². The van der Waals surface area contributed by atoms with Crippen LogP contribution in [-0.2, 0) is 4.79 Å². The van der Waals surface area contributed by atoms with Crippen molar-refractivity contribution in [2.75, 3.05) is 25.0 Å². The van der Waals surface area contributed by atoms with Gasteiger partial charge < -0.3 is 10.2 Å². The van der Waals surface area contributed by atoms with Crippen LogP contribution in [-0.4, -0.2) is 39.8 Å². The molecule has 1 aliphatic carbocycles. The fourth-order valence-corrected chi connectivity index (χ4v) is 2.29. The third kappa shape index (κ3) is 3.15. The number of anilines is 1. The first kappa shape index (κ1) is 12.3. The van der Waals surface area contributed by atoms with Gasteiger partial charge in [-0.05, 0) is 26.7 Å². The Labute approximate surface area is 105 Å². The fraction of sp³-hybridized carbons (Fsp3) is 0.727. The molecular weight excluding hydrogens is 236 g/mol. The largest absolute Gasteiger partial charge is 0.351 e. The maximum Gasteiger partial charge on any atom is 0.241 e. The average molecular weight is 254 g/mol. The molecule has 0 radical (unpaired) electrons. The summed E-state index contributed by atoms with van der Waals surface area (Å²) in [5.74, 6) is 1.62. The number of amides is 1. The summed E-state index contributed by atoms with van der Waals surface area (Å²) < 4.78 is 4.28. The van der Waals surface area contributed by atoms with Crippen molar-refractivity contribution in [1.29, 1.82) is 0 Å². The van der Waals surface area contributed by atoms with Crippen molar-refractivity contribution in [3.8, 4) is 0 Å². The van der Waals surface area contributed by atoms with Crippen LogP contribution < -0.4 is 5.32 Å². The molecule has 1 aromatic heterocycles. The zero-order valence-electron chi connectivity index (χ0n) is 10.3. The maximum absolute atomic E-state index is 11.8. The standard InChI is InChI=1S/C11H18N4OS/c1-3-15(4-2)9(16)7-12-11-13-10(14-17-11)8-5-6-8/h8H,3-7H2,1-2H3,(H,12,13,14). The van der Waals surface area contributed by atoms with Crippen molar-refractivity contribution in [3.05, 3.63) is 5.82 Å². The first-order chi connectivity index (χ1) is 8.24. The van der Waals surface area contributed by atoms with E-state index in [4.69, 9.17) is 0 Å². The molecule has 0 bridgehead atoms. The van der Waals surface area contributed by atoms with E-state index < -0.39 is 0 Å². The summed E-state index contributed by atoms with van der Waals surface area (Å²) in [6.45, 7) is 5.77. The number of likely N-dealkylation sites (N-methyl/N-ethyl adjacent to an activating group) is 1. The number of aromatic nitrogens is 2. The third-order valence-electron chi connectivity index (χ3n) is 2.89. The predicted molar refractivity (Wildman–Crippen MR) is 68.3 cm³/mol. The Morgan fingerprint density at radius 2 is 2.18 bits per heavy atom. The molecule has 6 heteroatoms. The summed E-state index contributed by atoms with van der Waals surface area (Å²) in [7, 11) is 0. The van der Waals surface area contributed by atoms with E-state index in [9.17, 15) is 4.79 Å². The van der Waals surface area contributed by atoms with E-state index in [1.807, 2.05) is 13.8 Å². The number of hydrogen-bond donors (Lipinski definition) is 1. The van der Waals surface area contributed by atoms with Gasteiger partial charge in [0.25, 0.3) is 0 Å². The lowest BCUT2D eigenvalue weighted by Crippen LogP contribution is -2.35. The minimum atomic E-state index is 0.109. The highest BCUT2D eigenvalue weighted by molar-refractivity contribution is 7.09. The second-order valence-electron chi connectivity index (χ2n) is 4.15. The highest BCUT2D eigenvalue weighted by atomic mass is 32.1. The van der Waals surface area contributed by atoms with Gasteiger partial charge in [-0.15, -0.1) is 0 Å². The number of nitrogens with zero attached hydrogens (tertiary/aromatic N) is 3. The summed E-state index contributed by atoms with van der Waals surface area (Å²) >= 11 is 1.34. The van der Waals surface area contributed by atoms with Gasteiger partial charge in [-0.25, -0.2) is 4.98 Å². The molecule has 1 aliphatic rings. The molecule has 2 rings (SSSR count). The van der Waals surface area contributed by atoms with Gasteiger partial charge in [0.15, 0.2) is 0 Å². The molecule has 1 saturated carbocycles.